The van der Waals surface area contributed by atoms with E-state index in [2.05, 4.69) is 33.9 Å². The number of hydrogen-bond donors (Lipinski definition) is 0. The zero-order valence-corrected chi connectivity index (χ0v) is 12.7. The SMILES string of the molecule is CC(C)(C)[Si](C)(C)CCC1CC(=O)N1CC=O. The van der Waals surface area contributed by atoms with Crippen LogP contribution < -0.4 is 0 Å². The Morgan fingerprint density at radius 2 is 2.00 bits per heavy atom. The van der Waals surface area contributed by atoms with Gasteiger partial charge in [0.15, 0.2) is 0 Å². The molecule has 3 nitrogen and oxygen atoms in total. The van der Waals surface area contributed by atoms with Gasteiger partial charge in [0.1, 0.15) is 6.29 Å². The second kappa shape index (κ2) is 4.92. The summed E-state index contributed by atoms with van der Waals surface area (Å²) in [5.41, 5.74) is 0. The lowest BCUT2D eigenvalue weighted by Gasteiger charge is -2.43. The maximum atomic E-state index is 11.3. The number of likely N-dealkylation sites (tertiary alicyclic amines) is 1. The predicted molar refractivity (Wildman–Crippen MR) is 72.8 cm³/mol. The Morgan fingerprint density at radius 3 is 2.41 bits per heavy atom. The first-order chi connectivity index (χ1) is 7.69. The topological polar surface area (TPSA) is 37.4 Å². The molecule has 0 aromatic heterocycles. The van der Waals surface area contributed by atoms with Crippen molar-refractivity contribution in [2.75, 3.05) is 6.54 Å². The van der Waals surface area contributed by atoms with E-state index in [1.807, 2.05) is 0 Å². The normalized spacial score (nSPS) is 21.4. The molecule has 1 amide bonds. The Bertz CT molecular complexity index is 307. The molecule has 0 spiro atoms. The molecule has 0 aromatic rings. The quantitative estimate of drug-likeness (QED) is 0.430. The van der Waals surface area contributed by atoms with Crippen LogP contribution in [0.4, 0.5) is 0 Å². The van der Waals surface area contributed by atoms with E-state index in [9.17, 15) is 9.59 Å². The average Bonchev–Trinajstić information content (AvgIpc) is 2.19. The van der Waals surface area contributed by atoms with Gasteiger partial charge in [0.05, 0.1) is 14.6 Å². The van der Waals surface area contributed by atoms with Crippen LogP contribution in [0.25, 0.3) is 0 Å². The fraction of sp³-hybridized carbons (Fsp3) is 0.846. The van der Waals surface area contributed by atoms with E-state index < -0.39 is 8.07 Å². The predicted octanol–water partition coefficient (Wildman–Crippen LogP) is 2.68. The molecular weight excluding hydrogens is 230 g/mol. The largest absolute Gasteiger partial charge is 0.332 e. The maximum absolute atomic E-state index is 11.3. The molecule has 0 aromatic carbocycles. The molecule has 1 fully saturated rings. The van der Waals surface area contributed by atoms with Crippen molar-refractivity contribution in [2.24, 2.45) is 0 Å². The van der Waals surface area contributed by atoms with Crippen LogP contribution in [0.3, 0.4) is 0 Å². The highest BCUT2D eigenvalue weighted by Crippen LogP contribution is 2.40. The maximum Gasteiger partial charge on any atom is 0.225 e. The lowest BCUT2D eigenvalue weighted by atomic mass is 10.00. The summed E-state index contributed by atoms with van der Waals surface area (Å²) in [7, 11) is -1.25. The van der Waals surface area contributed by atoms with E-state index in [4.69, 9.17) is 0 Å². The van der Waals surface area contributed by atoms with Gasteiger partial charge in [0, 0.05) is 12.5 Å². The number of β-lactam (4-membered cyclic amide) rings is 1. The summed E-state index contributed by atoms with van der Waals surface area (Å²) in [6.45, 7) is 12.0. The van der Waals surface area contributed by atoms with Crippen LogP contribution in [0.15, 0.2) is 0 Å². The first-order valence-electron chi connectivity index (χ1n) is 6.42. The fourth-order valence-electron chi connectivity index (χ4n) is 2.01. The first-order valence-corrected chi connectivity index (χ1v) is 9.63. The van der Waals surface area contributed by atoms with Gasteiger partial charge in [-0.05, 0) is 11.5 Å². The molecular formula is C13H25NO2Si. The van der Waals surface area contributed by atoms with E-state index in [1.165, 1.54) is 6.04 Å². The van der Waals surface area contributed by atoms with E-state index in [0.717, 1.165) is 12.7 Å². The fourth-order valence-corrected chi connectivity index (χ4v) is 3.82. The summed E-state index contributed by atoms with van der Waals surface area (Å²) in [6.07, 6.45) is 2.54. The van der Waals surface area contributed by atoms with Gasteiger partial charge < -0.3 is 9.69 Å². The van der Waals surface area contributed by atoms with Gasteiger partial charge in [-0.25, -0.2) is 0 Å². The van der Waals surface area contributed by atoms with Gasteiger partial charge in [-0.15, -0.1) is 0 Å². The molecule has 4 heteroatoms. The molecule has 0 bridgehead atoms. The minimum absolute atomic E-state index is 0.136. The summed E-state index contributed by atoms with van der Waals surface area (Å²) in [4.78, 5) is 23.5. The summed E-state index contributed by atoms with van der Waals surface area (Å²) < 4.78 is 0. The highest BCUT2D eigenvalue weighted by atomic mass is 28.3. The van der Waals surface area contributed by atoms with Crippen LogP contribution in [0.2, 0.25) is 24.2 Å². The van der Waals surface area contributed by atoms with Gasteiger partial charge in [-0.3, -0.25) is 4.79 Å². The summed E-state index contributed by atoms with van der Waals surface area (Å²) in [5, 5.41) is 0.399. The van der Waals surface area contributed by atoms with Crippen LogP contribution in [0, 0.1) is 0 Å². The summed E-state index contributed by atoms with van der Waals surface area (Å²) >= 11 is 0. The van der Waals surface area contributed by atoms with E-state index in [0.29, 0.717) is 17.5 Å². The number of carbonyl (C=O) groups excluding carboxylic acids is 2. The molecule has 1 aliphatic heterocycles. The van der Waals surface area contributed by atoms with Crippen LogP contribution in [0.5, 0.6) is 0 Å². The molecule has 98 valence electrons. The van der Waals surface area contributed by atoms with Gasteiger partial charge in [0.2, 0.25) is 5.91 Å². The molecule has 1 saturated heterocycles. The zero-order valence-electron chi connectivity index (χ0n) is 11.7. The second-order valence-corrected chi connectivity index (χ2v) is 12.5. The van der Waals surface area contributed by atoms with Crippen LogP contribution in [0.1, 0.15) is 33.6 Å². The third-order valence-corrected chi connectivity index (χ3v) is 10.2. The Morgan fingerprint density at radius 1 is 1.41 bits per heavy atom. The van der Waals surface area contributed by atoms with E-state index in [1.54, 1.807) is 4.90 Å². The molecule has 1 atom stereocenters. The zero-order chi connectivity index (χ0) is 13.3. The Balaban J connectivity index is 2.47. The molecule has 0 N–H and O–H groups in total. The van der Waals surface area contributed by atoms with Gasteiger partial charge >= 0.3 is 0 Å². The van der Waals surface area contributed by atoms with Gasteiger partial charge in [0.25, 0.3) is 0 Å². The molecule has 0 aliphatic carbocycles. The highest BCUT2D eigenvalue weighted by Gasteiger charge is 2.39. The van der Waals surface area contributed by atoms with E-state index in [-0.39, 0.29) is 12.5 Å². The number of nitrogens with zero attached hydrogens (tertiary/aromatic N) is 1. The standard InChI is InChI=1S/C13H25NO2Si/c1-13(2,3)17(4,5)9-6-11-10-12(16)14(11)7-8-15/h8,11H,6-7,9-10H2,1-5H3. The minimum atomic E-state index is -1.25. The molecule has 1 heterocycles. The van der Waals surface area contributed by atoms with Crippen molar-refractivity contribution >= 4 is 20.3 Å². The summed E-state index contributed by atoms with van der Waals surface area (Å²) in [5.74, 6) is 0.136. The number of aldehydes is 1. The lowest BCUT2D eigenvalue weighted by Crippen LogP contribution is -2.54. The molecule has 1 rings (SSSR count). The van der Waals surface area contributed by atoms with Crippen molar-refractivity contribution in [1.29, 1.82) is 0 Å². The van der Waals surface area contributed by atoms with Gasteiger partial charge in [-0.2, -0.15) is 0 Å². The third kappa shape index (κ3) is 3.18. The molecule has 17 heavy (non-hydrogen) atoms. The second-order valence-electron chi connectivity index (χ2n) is 6.74. The van der Waals surface area contributed by atoms with Crippen LogP contribution >= 0.6 is 0 Å². The molecule has 1 unspecified atom stereocenters. The number of carbonyl (C=O) groups is 2. The molecule has 1 aliphatic rings. The smallest absolute Gasteiger partial charge is 0.225 e. The van der Waals surface area contributed by atoms with Crippen LogP contribution in [-0.2, 0) is 9.59 Å². The van der Waals surface area contributed by atoms with Gasteiger partial charge in [-0.1, -0.05) is 39.9 Å². The minimum Gasteiger partial charge on any atom is -0.332 e. The number of rotatable bonds is 5. The summed E-state index contributed by atoms with van der Waals surface area (Å²) in [6, 6.07) is 1.55. The lowest BCUT2D eigenvalue weighted by molar-refractivity contribution is -0.147. The molecule has 0 saturated carbocycles. The third-order valence-electron chi connectivity index (χ3n) is 4.58. The van der Waals surface area contributed by atoms with Crippen molar-refractivity contribution in [2.45, 2.75) is 63.8 Å². The number of hydrogen-bond acceptors (Lipinski definition) is 2. The average molecular weight is 255 g/mol. The van der Waals surface area contributed by atoms with Crippen LogP contribution in [-0.4, -0.2) is 37.8 Å². The van der Waals surface area contributed by atoms with Crippen molar-refractivity contribution in [3.05, 3.63) is 0 Å². The monoisotopic (exact) mass is 255 g/mol. The Kier molecular flexibility index (Phi) is 4.18. The first kappa shape index (κ1) is 14.4. The highest BCUT2D eigenvalue weighted by molar-refractivity contribution is 6.80. The van der Waals surface area contributed by atoms with Crippen molar-refractivity contribution in [1.82, 2.24) is 4.90 Å². The molecule has 0 radical (unpaired) electrons. The van der Waals surface area contributed by atoms with Crippen molar-refractivity contribution < 1.29 is 9.59 Å². The Hall–Kier alpha value is -0.643. The number of amides is 1. The Labute approximate surface area is 106 Å². The van der Waals surface area contributed by atoms with Crippen molar-refractivity contribution in [3.8, 4) is 0 Å². The van der Waals surface area contributed by atoms with Crippen molar-refractivity contribution in [3.63, 3.8) is 0 Å². The van der Waals surface area contributed by atoms with E-state index >= 15 is 0 Å².